The van der Waals surface area contributed by atoms with Gasteiger partial charge in [0.15, 0.2) is 0 Å². The van der Waals surface area contributed by atoms with Crippen LogP contribution < -0.4 is 5.32 Å². The smallest absolute Gasteiger partial charge is 0.312 e. The molecule has 7 nitrogen and oxygen atoms in total. The summed E-state index contributed by atoms with van der Waals surface area (Å²) in [5.74, 6) is 0.514. The van der Waals surface area contributed by atoms with Crippen molar-refractivity contribution < 1.29 is 9.66 Å². The van der Waals surface area contributed by atoms with Crippen LogP contribution in [0, 0.1) is 27.4 Å². The number of rotatable bonds is 4. The molecule has 0 saturated carbocycles. The third-order valence-corrected chi connectivity index (χ3v) is 3.23. The van der Waals surface area contributed by atoms with Crippen LogP contribution in [0.3, 0.4) is 0 Å². The Morgan fingerprint density at radius 3 is 3.11 bits per heavy atom. The highest BCUT2D eigenvalue weighted by molar-refractivity contribution is 5.58. The van der Waals surface area contributed by atoms with Gasteiger partial charge in [-0.3, -0.25) is 10.1 Å². The van der Waals surface area contributed by atoms with Crippen molar-refractivity contribution in [2.24, 2.45) is 5.92 Å². The summed E-state index contributed by atoms with van der Waals surface area (Å²) >= 11 is 0. The molecule has 0 aliphatic carbocycles. The SMILES string of the molecule is CC(Nc1ncc(C#N)cc1[N+](=O)[O-])C1CCOC1. The molecule has 1 aromatic heterocycles. The predicted molar refractivity (Wildman–Crippen MR) is 67.6 cm³/mol. The minimum absolute atomic E-state index is 0.0293. The fraction of sp³-hybridized carbons (Fsp3) is 0.500. The number of nitrogens with one attached hydrogen (secondary N) is 1. The molecule has 0 spiro atoms. The molecular formula is C12H14N4O3. The quantitative estimate of drug-likeness (QED) is 0.654. The molecule has 0 bridgehead atoms. The van der Waals surface area contributed by atoms with Crippen molar-refractivity contribution in [2.45, 2.75) is 19.4 Å². The van der Waals surface area contributed by atoms with Crippen LogP contribution in [0.1, 0.15) is 18.9 Å². The summed E-state index contributed by atoms with van der Waals surface area (Å²) in [6, 6.07) is 3.10. The Hall–Kier alpha value is -2.20. The zero-order chi connectivity index (χ0) is 13.8. The van der Waals surface area contributed by atoms with Gasteiger partial charge in [-0.15, -0.1) is 0 Å². The normalized spacial score (nSPS) is 19.7. The number of anilines is 1. The molecule has 1 fully saturated rings. The van der Waals surface area contributed by atoms with Crippen molar-refractivity contribution in [2.75, 3.05) is 18.5 Å². The zero-order valence-corrected chi connectivity index (χ0v) is 10.5. The highest BCUT2D eigenvalue weighted by Crippen LogP contribution is 2.26. The topological polar surface area (TPSA) is 101 Å². The fourth-order valence-electron chi connectivity index (χ4n) is 2.05. The number of hydrogen-bond acceptors (Lipinski definition) is 6. The molecule has 0 amide bonds. The average Bonchev–Trinajstić information content (AvgIpc) is 2.92. The van der Waals surface area contributed by atoms with E-state index in [2.05, 4.69) is 10.3 Å². The summed E-state index contributed by atoms with van der Waals surface area (Å²) in [4.78, 5) is 14.4. The first kappa shape index (κ1) is 13.2. The predicted octanol–water partition coefficient (Wildman–Crippen LogP) is 1.70. The number of pyridine rings is 1. The molecule has 19 heavy (non-hydrogen) atoms. The second-order valence-corrected chi connectivity index (χ2v) is 4.52. The van der Waals surface area contributed by atoms with Crippen LogP contribution in [0.15, 0.2) is 12.3 Å². The number of nitro groups is 1. The van der Waals surface area contributed by atoms with Crippen molar-refractivity contribution in [3.8, 4) is 6.07 Å². The fourth-order valence-corrected chi connectivity index (χ4v) is 2.05. The Bertz CT molecular complexity index is 520. The van der Waals surface area contributed by atoms with Gasteiger partial charge in [0.1, 0.15) is 6.07 Å². The van der Waals surface area contributed by atoms with Crippen LogP contribution in [-0.4, -0.2) is 29.2 Å². The average molecular weight is 262 g/mol. The standard InChI is InChI=1S/C12H14N4O3/c1-8(10-2-3-19-7-10)15-12-11(16(17)18)4-9(5-13)6-14-12/h4,6,8,10H,2-3,7H2,1H3,(H,14,15). The Balaban J connectivity index is 2.19. The van der Waals surface area contributed by atoms with E-state index in [9.17, 15) is 10.1 Å². The molecule has 2 heterocycles. The van der Waals surface area contributed by atoms with Crippen molar-refractivity contribution in [1.29, 1.82) is 5.26 Å². The molecule has 2 rings (SSSR count). The van der Waals surface area contributed by atoms with Crippen molar-refractivity contribution >= 4 is 11.5 Å². The Labute approximate surface area is 110 Å². The Kier molecular flexibility index (Phi) is 3.92. The second kappa shape index (κ2) is 5.63. The van der Waals surface area contributed by atoms with Crippen LogP contribution in [-0.2, 0) is 4.74 Å². The number of nitrogens with zero attached hydrogens (tertiary/aromatic N) is 3. The van der Waals surface area contributed by atoms with Gasteiger partial charge in [0.25, 0.3) is 0 Å². The molecule has 1 aromatic rings. The number of aromatic nitrogens is 1. The van der Waals surface area contributed by atoms with Crippen LogP contribution in [0.2, 0.25) is 0 Å². The molecule has 2 atom stereocenters. The van der Waals surface area contributed by atoms with E-state index < -0.39 is 4.92 Å². The van der Waals surface area contributed by atoms with Gasteiger partial charge in [0.2, 0.25) is 5.82 Å². The molecule has 1 aliphatic rings. The molecule has 7 heteroatoms. The Morgan fingerprint density at radius 1 is 1.74 bits per heavy atom. The van der Waals surface area contributed by atoms with Crippen molar-refractivity contribution in [3.63, 3.8) is 0 Å². The van der Waals surface area contributed by atoms with Gasteiger partial charge in [-0.05, 0) is 13.3 Å². The summed E-state index contributed by atoms with van der Waals surface area (Å²) < 4.78 is 5.29. The summed E-state index contributed by atoms with van der Waals surface area (Å²) in [6.07, 6.45) is 2.26. The van der Waals surface area contributed by atoms with Crippen LogP contribution >= 0.6 is 0 Å². The van der Waals surface area contributed by atoms with Gasteiger partial charge in [0, 0.05) is 30.8 Å². The summed E-state index contributed by atoms with van der Waals surface area (Å²) in [5, 5.41) is 22.8. The van der Waals surface area contributed by atoms with E-state index in [1.807, 2.05) is 13.0 Å². The molecular weight excluding hydrogens is 248 g/mol. The first-order valence-electron chi connectivity index (χ1n) is 6.00. The van der Waals surface area contributed by atoms with E-state index in [-0.39, 0.29) is 23.1 Å². The van der Waals surface area contributed by atoms with Crippen molar-refractivity contribution in [1.82, 2.24) is 4.98 Å². The number of nitriles is 1. The lowest BCUT2D eigenvalue weighted by molar-refractivity contribution is -0.384. The lowest BCUT2D eigenvalue weighted by Crippen LogP contribution is -2.27. The first-order valence-corrected chi connectivity index (χ1v) is 6.00. The molecule has 1 N–H and O–H groups in total. The Morgan fingerprint density at radius 2 is 2.53 bits per heavy atom. The lowest BCUT2D eigenvalue weighted by Gasteiger charge is -2.19. The minimum atomic E-state index is -0.534. The zero-order valence-electron chi connectivity index (χ0n) is 10.5. The van der Waals surface area contributed by atoms with Gasteiger partial charge >= 0.3 is 5.69 Å². The molecule has 0 aromatic carbocycles. The van der Waals surface area contributed by atoms with Crippen LogP contribution in [0.5, 0.6) is 0 Å². The van der Waals surface area contributed by atoms with E-state index >= 15 is 0 Å². The number of ether oxygens (including phenoxy) is 1. The molecule has 1 aliphatic heterocycles. The third kappa shape index (κ3) is 2.98. The van der Waals surface area contributed by atoms with Crippen LogP contribution in [0.4, 0.5) is 11.5 Å². The molecule has 0 radical (unpaired) electrons. The van der Waals surface area contributed by atoms with E-state index in [1.165, 1.54) is 12.3 Å². The maximum absolute atomic E-state index is 11.0. The largest absolute Gasteiger partial charge is 0.381 e. The molecule has 1 saturated heterocycles. The highest BCUT2D eigenvalue weighted by Gasteiger charge is 2.25. The molecule has 100 valence electrons. The third-order valence-electron chi connectivity index (χ3n) is 3.23. The van der Waals surface area contributed by atoms with Crippen molar-refractivity contribution in [3.05, 3.63) is 27.9 Å². The van der Waals surface area contributed by atoms with Gasteiger partial charge in [-0.2, -0.15) is 5.26 Å². The maximum atomic E-state index is 11.0. The van der Waals surface area contributed by atoms with Crippen LogP contribution in [0.25, 0.3) is 0 Å². The van der Waals surface area contributed by atoms with E-state index in [1.54, 1.807) is 0 Å². The summed E-state index contributed by atoms with van der Waals surface area (Å²) in [7, 11) is 0. The monoisotopic (exact) mass is 262 g/mol. The van der Waals surface area contributed by atoms with Gasteiger partial charge in [0.05, 0.1) is 17.1 Å². The number of hydrogen-bond donors (Lipinski definition) is 1. The van der Waals surface area contributed by atoms with E-state index in [4.69, 9.17) is 10.00 Å². The molecule has 2 unspecified atom stereocenters. The first-order chi connectivity index (χ1) is 9.11. The summed E-state index contributed by atoms with van der Waals surface area (Å²) in [6.45, 7) is 3.32. The highest BCUT2D eigenvalue weighted by atomic mass is 16.6. The van der Waals surface area contributed by atoms with Gasteiger partial charge in [-0.1, -0.05) is 0 Å². The summed E-state index contributed by atoms with van der Waals surface area (Å²) in [5.41, 5.74) is -0.00100. The second-order valence-electron chi connectivity index (χ2n) is 4.52. The minimum Gasteiger partial charge on any atom is -0.381 e. The van der Waals surface area contributed by atoms with E-state index in [0.29, 0.717) is 12.5 Å². The van der Waals surface area contributed by atoms with E-state index in [0.717, 1.165) is 13.0 Å². The maximum Gasteiger partial charge on any atom is 0.312 e. The van der Waals surface area contributed by atoms with Gasteiger partial charge in [-0.25, -0.2) is 4.98 Å². The van der Waals surface area contributed by atoms with Gasteiger partial charge < -0.3 is 10.1 Å². The lowest BCUT2D eigenvalue weighted by atomic mass is 10.0.